The summed E-state index contributed by atoms with van der Waals surface area (Å²) in [5, 5.41) is 3.21. The molecule has 18 nitrogen and oxygen atoms in total. The number of aromatic nitrogens is 10. The Morgan fingerprint density at radius 2 is 1.32 bits per heavy atom. The zero-order chi connectivity index (χ0) is 48.7. The van der Waals surface area contributed by atoms with Crippen LogP contribution in [0.3, 0.4) is 0 Å². The number of pyridine rings is 6. The Bertz CT molecular complexity index is 3420. The number of ether oxygens (including phenoxy) is 3. The third-order valence-electron chi connectivity index (χ3n) is 12.0. The molecule has 0 aliphatic heterocycles. The van der Waals surface area contributed by atoms with Crippen molar-refractivity contribution in [2.75, 3.05) is 5.32 Å². The molecule has 2 saturated carbocycles. The number of imidazole rings is 2. The van der Waals surface area contributed by atoms with E-state index in [-0.39, 0.29) is 53.3 Å². The predicted octanol–water partition coefficient (Wildman–Crippen LogP) is 8.61. The SMILES string of the molecule is CC(=O)Cc1cc(Oc2cnc3nc(Nc4cc(C5CC5)cn(C)c4=O)n(C)c3c2C)ccn1.CC(=O)Cc1cc(Oc2cnc3nc(Oc4cc(C5CC5)cn(C(C)C)c4=O)n(C)c3c2)ccn1. The first kappa shape index (κ1) is 46.1. The van der Waals surface area contributed by atoms with Gasteiger partial charge >= 0.3 is 6.01 Å². The molecule has 2 aliphatic rings. The summed E-state index contributed by atoms with van der Waals surface area (Å²) in [5.41, 5.74) is 7.15. The van der Waals surface area contributed by atoms with Gasteiger partial charge in [0.15, 0.2) is 22.8 Å². The fraction of sp³-hybridized carbons (Fsp3) is 0.333. The number of rotatable bonds is 15. The number of hydrogen-bond donors (Lipinski definition) is 1. The minimum Gasteiger partial charge on any atom is -0.456 e. The molecule has 18 heteroatoms. The minimum atomic E-state index is -0.188. The largest absolute Gasteiger partial charge is 0.456 e. The number of fused-ring (bicyclic) bond motifs is 2. The van der Waals surface area contributed by atoms with E-state index in [9.17, 15) is 19.2 Å². The van der Waals surface area contributed by atoms with Crippen molar-refractivity contribution >= 4 is 45.5 Å². The lowest BCUT2D eigenvalue weighted by Gasteiger charge is -2.14. The smallest absolute Gasteiger partial charge is 0.304 e. The molecular formula is C51H53N11O7. The Morgan fingerprint density at radius 3 is 1.94 bits per heavy atom. The van der Waals surface area contributed by atoms with E-state index in [1.807, 2.05) is 56.9 Å². The third-order valence-corrected chi connectivity index (χ3v) is 12.0. The fourth-order valence-electron chi connectivity index (χ4n) is 8.10. The van der Waals surface area contributed by atoms with E-state index in [1.165, 1.54) is 13.8 Å². The van der Waals surface area contributed by atoms with Gasteiger partial charge in [0.05, 0.1) is 34.8 Å². The van der Waals surface area contributed by atoms with Crippen LogP contribution in [0.2, 0.25) is 0 Å². The molecule has 8 heterocycles. The molecular weight excluding hydrogens is 879 g/mol. The van der Waals surface area contributed by atoms with E-state index < -0.39 is 0 Å². The van der Waals surface area contributed by atoms with Crippen molar-refractivity contribution in [3.8, 4) is 34.8 Å². The molecule has 10 rings (SSSR count). The first-order valence-electron chi connectivity index (χ1n) is 22.9. The van der Waals surface area contributed by atoms with Crippen molar-refractivity contribution in [1.29, 1.82) is 0 Å². The maximum absolute atomic E-state index is 13.0. The van der Waals surface area contributed by atoms with Crippen molar-refractivity contribution < 1.29 is 23.8 Å². The van der Waals surface area contributed by atoms with Gasteiger partial charge in [-0.15, -0.1) is 0 Å². The van der Waals surface area contributed by atoms with Crippen molar-refractivity contribution in [2.24, 2.45) is 21.1 Å². The van der Waals surface area contributed by atoms with Gasteiger partial charge in [-0.05, 0) is 108 Å². The molecule has 0 amide bonds. The molecule has 0 bridgehead atoms. The first-order chi connectivity index (χ1) is 33.1. The van der Waals surface area contributed by atoms with E-state index in [0.29, 0.717) is 74.7 Å². The van der Waals surface area contributed by atoms with Gasteiger partial charge < -0.3 is 33.2 Å². The molecule has 2 aliphatic carbocycles. The molecule has 2 fully saturated rings. The average Bonchev–Trinajstić information content (AvgIpc) is 4.25. The number of anilines is 2. The lowest BCUT2D eigenvalue weighted by molar-refractivity contribution is -0.117. The number of carbonyl (C=O) groups is 2. The van der Waals surface area contributed by atoms with Crippen LogP contribution >= 0.6 is 0 Å². The molecule has 8 aromatic heterocycles. The van der Waals surface area contributed by atoms with Crippen molar-refractivity contribution in [3.63, 3.8) is 0 Å². The molecule has 0 radical (unpaired) electrons. The van der Waals surface area contributed by atoms with E-state index in [4.69, 9.17) is 14.2 Å². The highest BCUT2D eigenvalue weighted by molar-refractivity contribution is 5.82. The highest BCUT2D eigenvalue weighted by Crippen LogP contribution is 2.42. The molecule has 0 aromatic carbocycles. The van der Waals surface area contributed by atoms with Gasteiger partial charge in [-0.3, -0.25) is 33.7 Å². The Kier molecular flexibility index (Phi) is 12.7. The van der Waals surface area contributed by atoms with Crippen LogP contribution in [0.25, 0.3) is 22.3 Å². The van der Waals surface area contributed by atoms with E-state index in [1.54, 1.807) is 82.9 Å². The van der Waals surface area contributed by atoms with Gasteiger partial charge in [0.25, 0.3) is 11.1 Å². The topological polar surface area (TPSA) is 205 Å². The van der Waals surface area contributed by atoms with Crippen LogP contribution in [-0.2, 0) is 43.6 Å². The summed E-state index contributed by atoms with van der Waals surface area (Å²) >= 11 is 0. The number of nitrogens with one attached hydrogen (secondary N) is 1. The van der Waals surface area contributed by atoms with Crippen molar-refractivity contribution in [2.45, 2.75) is 91.0 Å². The normalized spacial score (nSPS) is 13.3. The van der Waals surface area contributed by atoms with Crippen LogP contribution in [0.15, 0.2) is 89.2 Å². The number of Topliss-reactive ketones (excluding diaryl/α,β-unsaturated/α-hetero) is 2. The zero-order valence-electron chi connectivity index (χ0n) is 39.8. The highest BCUT2D eigenvalue weighted by atomic mass is 16.5. The zero-order valence-corrected chi connectivity index (χ0v) is 39.8. The fourth-order valence-corrected chi connectivity index (χ4v) is 8.10. The summed E-state index contributed by atoms with van der Waals surface area (Å²) in [6, 6.07) is 12.8. The second-order valence-electron chi connectivity index (χ2n) is 18.1. The molecule has 354 valence electrons. The van der Waals surface area contributed by atoms with E-state index in [0.717, 1.165) is 47.9 Å². The quantitative estimate of drug-likeness (QED) is 0.102. The average molecular weight is 932 g/mol. The maximum atomic E-state index is 13.0. The van der Waals surface area contributed by atoms with Crippen molar-refractivity contribution in [3.05, 3.63) is 128 Å². The molecule has 0 spiro atoms. The van der Waals surface area contributed by atoms with Crippen LogP contribution in [0.5, 0.6) is 34.8 Å². The van der Waals surface area contributed by atoms with Crippen LogP contribution < -0.4 is 30.6 Å². The minimum absolute atomic E-state index is 0.0227. The molecule has 8 aromatic rings. The Labute approximate surface area is 397 Å². The van der Waals surface area contributed by atoms with Gasteiger partial charge in [-0.2, -0.15) is 9.97 Å². The lowest BCUT2D eigenvalue weighted by Crippen LogP contribution is -2.23. The summed E-state index contributed by atoms with van der Waals surface area (Å²) in [5.74, 6) is 4.08. The summed E-state index contributed by atoms with van der Waals surface area (Å²) in [6.07, 6.45) is 15.4. The highest BCUT2D eigenvalue weighted by Gasteiger charge is 2.28. The molecule has 0 unspecified atom stereocenters. The molecule has 0 atom stereocenters. The number of nitrogens with zero attached hydrogens (tertiary/aromatic N) is 10. The number of hydrogen-bond acceptors (Lipinski definition) is 14. The molecule has 0 saturated heterocycles. The van der Waals surface area contributed by atoms with Gasteiger partial charge in [0.2, 0.25) is 5.95 Å². The van der Waals surface area contributed by atoms with Gasteiger partial charge in [0, 0.05) is 88.6 Å². The van der Waals surface area contributed by atoms with Crippen LogP contribution in [-0.4, -0.2) is 59.7 Å². The maximum Gasteiger partial charge on any atom is 0.304 e. The molecule has 1 N–H and O–H groups in total. The van der Waals surface area contributed by atoms with Gasteiger partial charge in [0.1, 0.15) is 34.5 Å². The van der Waals surface area contributed by atoms with Crippen LogP contribution in [0.1, 0.15) is 99.3 Å². The summed E-state index contributed by atoms with van der Waals surface area (Å²) in [7, 11) is 5.45. The number of ketones is 2. The Hall–Kier alpha value is -8.02. The second kappa shape index (κ2) is 18.9. The van der Waals surface area contributed by atoms with E-state index in [2.05, 4.69) is 35.2 Å². The van der Waals surface area contributed by atoms with E-state index >= 15 is 0 Å². The Morgan fingerprint density at radius 1 is 0.696 bits per heavy atom. The summed E-state index contributed by atoms with van der Waals surface area (Å²) in [6.45, 7) is 8.95. The standard InChI is InChI=1S/C26H27N5O4.C25H26N6O3/c1-15(2)31-14-18(17-5-6-17)10-23(25(31)33)35-26-29-24-22(30(26)4)12-21(13-28-24)34-20-7-8-27-19(11-20)9-16(3)32;1-14(32)9-18-11-19(7-8-26-18)34-21-12-27-23-22(15(21)2)31(4)25(29-23)28-20-10-17(16-5-6-16)13-30(3)24(20)33/h7-8,10-15,17H,5-6,9H2,1-4H3;7-8,10-13,16H,5-6,9H2,1-4H3,(H,27,28,29). The summed E-state index contributed by atoms with van der Waals surface area (Å²) < 4.78 is 25.0. The second-order valence-corrected chi connectivity index (χ2v) is 18.1. The number of carbonyl (C=O) groups excluding carboxylic acids is 2. The lowest BCUT2D eigenvalue weighted by atomic mass is 10.2. The number of aryl methyl sites for hydroxylation is 4. The molecule has 69 heavy (non-hydrogen) atoms. The first-order valence-corrected chi connectivity index (χ1v) is 22.9. The van der Waals surface area contributed by atoms with Crippen LogP contribution in [0, 0.1) is 6.92 Å². The Balaban J connectivity index is 0.000000172. The monoisotopic (exact) mass is 931 g/mol. The summed E-state index contributed by atoms with van der Waals surface area (Å²) in [4.78, 5) is 75.0. The predicted molar refractivity (Wildman–Crippen MR) is 259 cm³/mol. The van der Waals surface area contributed by atoms with Crippen LogP contribution in [0.4, 0.5) is 11.6 Å². The van der Waals surface area contributed by atoms with Gasteiger partial charge in [-0.25, -0.2) is 9.97 Å². The van der Waals surface area contributed by atoms with Gasteiger partial charge in [-0.1, -0.05) is 0 Å². The third kappa shape index (κ3) is 10.3. The van der Waals surface area contributed by atoms with Crippen molar-refractivity contribution in [1.82, 2.24) is 48.2 Å².